The van der Waals surface area contributed by atoms with Crippen molar-refractivity contribution in [2.45, 2.75) is 11.7 Å². The van der Waals surface area contributed by atoms with Crippen LogP contribution in [0.4, 0.5) is 4.39 Å². The first-order chi connectivity index (χ1) is 12.7. The number of thioether (sulfide) groups is 1. The SMILES string of the molecule is COc1ccccc1CNC(=O)CSc1n[nH]c(-c2ccccc2F)n1. The summed E-state index contributed by atoms with van der Waals surface area (Å²) in [6.07, 6.45) is 0. The minimum absolute atomic E-state index is 0.154. The molecule has 0 saturated heterocycles. The number of para-hydroxylation sites is 1. The molecule has 0 spiro atoms. The summed E-state index contributed by atoms with van der Waals surface area (Å²) in [5, 5.41) is 9.91. The smallest absolute Gasteiger partial charge is 0.230 e. The average molecular weight is 372 g/mol. The number of aromatic amines is 1. The maximum absolute atomic E-state index is 13.8. The van der Waals surface area contributed by atoms with Gasteiger partial charge in [-0.25, -0.2) is 9.37 Å². The monoisotopic (exact) mass is 372 g/mol. The maximum atomic E-state index is 13.8. The standard InChI is InChI=1S/C18H17FN4O2S/c1-25-15-9-5-2-6-12(15)10-20-16(24)11-26-18-21-17(22-23-18)13-7-3-4-8-14(13)19/h2-9H,10-11H2,1H3,(H,20,24)(H,21,22,23). The normalized spacial score (nSPS) is 10.5. The molecule has 1 amide bonds. The zero-order valence-electron chi connectivity index (χ0n) is 14.0. The number of amides is 1. The van der Waals surface area contributed by atoms with E-state index in [9.17, 15) is 9.18 Å². The van der Waals surface area contributed by atoms with E-state index in [-0.39, 0.29) is 17.5 Å². The van der Waals surface area contributed by atoms with Crippen molar-refractivity contribution in [1.29, 1.82) is 0 Å². The molecule has 1 aromatic heterocycles. The molecule has 3 rings (SSSR count). The van der Waals surface area contributed by atoms with Crippen molar-refractivity contribution in [3.63, 3.8) is 0 Å². The number of carbonyl (C=O) groups excluding carboxylic acids is 1. The fraction of sp³-hybridized carbons (Fsp3) is 0.167. The number of H-pyrrole nitrogens is 1. The molecule has 6 nitrogen and oxygen atoms in total. The van der Waals surface area contributed by atoms with Crippen molar-refractivity contribution < 1.29 is 13.9 Å². The fourth-order valence-corrected chi connectivity index (χ4v) is 2.94. The molecule has 2 N–H and O–H groups in total. The third kappa shape index (κ3) is 4.40. The molecule has 0 radical (unpaired) electrons. The molecular formula is C18H17FN4O2S. The number of hydrogen-bond donors (Lipinski definition) is 2. The molecule has 0 fully saturated rings. The van der Waals surface area contributed by atoms with Gasteiger partial charge < -0.3 is 10.1 Å². The van der Waals surface area contributed by atoms with Crippen LogP contribution in [0, 0.1) is 5.82 Å². The van der Waals surface area contributed by atoms with Gasteiger partial charge in [0.2, 0.25) is 11.1 Å². The minimum Gasteiger partial charge on any atom is -0.496 e. The Kier molecular flexibility index (Phi) is 5.85. The molecule has 0 aliphatic carbocycles. The lowest BCUT2D eigenvalue weighted by atomic mass is 10.2. The van der Waals surface area contributed by atoms with Gasteiger partial charge in [-0.1, -0.05) is 42.1 Å². The van der Waals surface area contributed by atoms with Crippen LogP contribution < -0.4 is 10.1 Å². The minimum atomic E-state index is -0.380. The number of hydrogen-bond acceptors (Lipinski definition) is 5. The Morgan fingerprint density at radius 1 is 1.23 bits per heavy atom. The summed E-state index contributed by atoms with van der Waals surface area (Å²) in [7, 11) is 1.59. The van der Waals surface area contributed by atoms with E-state index in [2.05, 4.69) is 20.5 Å². The van der Waals surface area contributed by atoms with Crippen LogP contribution in [0.3, 0.4) is 0 Å². The Labute approximate surface area is 154 Å². The van der Waals surface area contributed by atoms with Crippen molar-refractivity contribution >= 4 is 17.7 Å². The van der Waals surface area contributed by atoms with Crippen LogP contribution in [0.1, 0.15) is 5.56 Å². The number of methoxy groups -OCH3 is 1. The molecule has 0 aliphatic rings. The predicted octanol–water partition coefficient (Wildman–Crippen LogP) is 3.03. The summed E-state index contributed by atoms with van der Waals surface area (Å²) in [6.45, 7) is 0.373. The number of aromatic nitrogens is 3. The molecule has 0 unspecified atom stereocenters. The fourth-order valence-electron chi connectivity index (χ4n) is 2.31. The summed E-state index contributed by atoms with van der Waals surface area (Å²) >= 11 is 1.18. The van der Waals surface area contributed by atoms with Crippen molar-refractivity contribution in [1.82, 2.24) is 20.5 Å². The molecule has 3 aromatic rings. The Morgan fingerprint density at radius 2 is 2.00 bits per heavy atom. The van der Waals surface area contributed by atoms with Gasteiger partial charge >= 0.3 is 0 Å². The second kappa shape index (κ2) is 8.48. The number of benzene rings is 2. The van der Waals surface area contributed by atoms with Gasteiger partial charge in [-0.3, -0.25) is 9.89 Å². The second-order valence-corrected chi connectivity index (χ2v) is 6.27. The zero-order valence-corrected chi connectivity index (χ0v) is 14.8. The van der Waals surface area contributed by atoms with Gasteiger partial charge in [0.25, 0.3) is 0 Å². The van der Waals surface area contributed by atoms with Crippen molar-refractivity contribution in [2.24, 2.45) is 0 Å². The number of halogens is 1. The first-order valence-electron chi connectivity index (χ1n) is 7.86. The van der Waals surface area contributed by atoms with Crippen LogP contribution in [-0.4, -0.2) is 34.0 Å². The molecule has 1 heterocycles. The van der Waals surface area contributed by atoms with Crippen LogP contribution >= 0.6 is 11.8 Å². The van der Waals surface area contributed by atoms with E-state index in [1.54, 1.807) is 25.3 Å². The molecule has 0 atom stereocenters. The number of rotatable bonds is 7. The van der Waals surface area contributed by atoms with Crippen molar-refractivity contribution in [3.05, 3.63) is 59.9 Å². The third-order valence-electron chi connectivity index (χ3n) is 3.59. The highest BCUT2D eigenvalue weighted by molar-refractivity contribution is 7.99. The predicted molar refractivity (Wildman–Crippen MR) is 97.3 cm³/mol. The highest BCUT2D eigenvalue weighted by Gasteiger charge is 2.12. The molecule has 0 aliphatic heterocycles. The topological polar surface area (TPSA) is 79.9 Å². The molecule has 0 bridgehead atoms. The van der Waals surface area contributed by atoms with Gasteiger partial charge in [-0.15, -0.1) is 5.10 Å². The van der Waals surface area contributed by atoms with E-state index < -0.39 is 0 Å². The number of carbonyl (C=O) groups is 1. The van der Waals surface area contributed by atoms with Crippen LogP contribution in [0.15, 0.2) is 53.7 Å². The lowest BCUT2D eigenvalue weighted by Crippen LogP contribution is -2.24. The molecule has 26 heavy (non-hydrogen) atoms. The average Bonchev–Trinajstić information content (AvgIpc) is 3.14. The van der Waals surface area contributed by atoms with E-state index in [0.29, 0.717) is 23.1 Å². The second-order valence-electron chi connectivity index (χ2n) is 5.32. The largest absolute Gasteiger partial charge is 0.496 e. The molecule has 0 saturated carbocycles. The zero-order chi connectivity index (χ0) is 18.4. The van der Waals surface area contributed by atoms with Gasteiger partial charge in [-0.2, -0.15) is 0 Å². The van der Waals surface area contributed by atoms with Crippen LogP contribution in [0.5, 0.6) is 5.75 Å². The highest BCUT2D eigenvalue weighted by Crippen LogP contribution is 2.21. The van der Waals surface area contributed by atoms with Gasteiger partial charge in [0.1, 0.15) is 11.6 Å². The Balaban J connectivity index is 1.53. The molecule has 8 heteroatoms. The summed E-state index contributed by atoms with van der Waals surface area (Å²) in [5.74, 6) is 0.681. The van der Waals surface area contributed by atoms with Crippen LogP contribution in [0.25, 0.3) is 11.4 Å². The first kappa shape index (κ1) is 17.9. The van der Waals surface area contributed by atoms with Crippen molar-refractivity contribution in [2.75, 3.05) is 12.9 Å². The molecular weight excluding hydrogens is 355 g/mol. The quantitative estimate of drug-likeness (QED) is 0.623. The van der Waals surface area contributed by atoms with Gasteiger partial charge in [0, 0.05) is 12.1 Å². The van der Waals surface area contributed by atoms with Gasteiger partial charge in [-0.05, 0) is 18.2 Å². The van der Waals surface area contributed by atoms with E-state index in [1.807, 2.05) is 24.3 Å². The Morgan fingerprint density at radius 3 is 2.81 bits per heavy atom. The Bertz CT molecular complexity index is 900. The van der Waals surface area contributed by atoms with Crippen molar-refractivity contribution in [3.8, 4) is 17.1 Å². The van der Waals surface area contributed by atoms with Crippen LogP contribution in [-0.2, 0) is 11.3 Å². The van der Waals surface area contributed by atoms with E-state index in [1.165, 1.54) is 17.8 Å². The lowest BCUT2D eigenvalue weighted by molar-refractivity contribution is -0.118. The van der Waals surface area contributed by atoms with Gasteiger partial charge in [0.15, 0.2) is 5.82 Å². The summed E-state index contributed by atoms with van der Waals surface area (Å²) in [6, 6.07) is 13.8. The summed E-state index contributed by atoms with van der Waals surface area (Å²) in [5.41, 5.74) is 1.24. The van der Waals surface area contributed by atoms with Crippen LogP contribution in [0.2, 0.25) is 0 Å². The molecule has 2 aromatic carbocycles. The number of nitrogens with zero attached hydrogens (tertiary/aromatic N) is 2. The third-order valence-corrected chi connectivity index (χ3v) is 4.44. The van der Waals surface area contributed by atoms with E-state index >= 15 is 0 Å². The summed E-state index contributed by atoms with van der Waals surface area (Å²) in [4.78, 5) is 16.2. The number of nitrogens with one attached hydrogen (secondary N) is 2. The maximum Gasteiger partial charge on any atom is 0.230 e. The van der Waals surface area contributed by atoms with E-state index in [0.717, 1.165) is 11.3 Å². The molecule has 134 valence electrons. The number of ether oxygens (including phenoxy) is 1. The Hall–Kier alpha value is -2.87. The first-order valence-corrected chi connectivity index (χ1v) is 8.84. The van der Waals surface area contributed by atoms with Gasteiger partial charge in [0.05, 0.1) is 18.4 Å². The summed E-state index contributed by atoms with van der Waals surface area (Å²) < 4.78 is 19.0. The van der Waals surface area contributed by atoms with E-state index in [4.69, 9.17) is 4.74 Å². The lowest BCUT2D eigenvalue weighted by Gasteiger charge is -2.08. The highest BCUT2D eigenvalue weighted by atomic mass is 32.2.